The number of thiophene rings is 1. The molecule has 0 aliphatic rings. The largest absolute Gasteiger partial charge is 0.386 e. The van der Waals surface area contributed by atoms with Crippen molar-refractivity contribution in [3.05, 3.63) is 41.0 Å². The third-order valence-corrected chi connectivity index (χ3v) is 5.81. The molecule has 0 radical (unpaired) electrons. The summed E-state index contributed by atoms with van der Waals surface area (Å²) < 4.78 is 26.3. The van der Waals surface area contributed by atoms with Gasteiger partial charge in [-0.05, 0) is 49.4 Å². The van der Waals surface area contributed by atoms with E-state index in [1.165, 1.54) is 12.3 Å². The summed E-state index contributed by atoms with van der Waals surface area (Å²) in [6, 6.07) is 2.05. The van der Waals surface area contributed by atoms with Crippen LogP contribution in [0.3, 0.4) is 0 Å². The Hall–Kier alpha value is -1.97. The van der Waals surface area contributed by atoms with Crippen molar-refractivity contribution in [2.45, 2.75) is 30.6 Å². The Balaban J connectivity index is 2.13. The smallest absolute Gasteiger partial charge is 0.333 e. The van der Waals surface area contributed by atoms with Gasteiger partial charge in [0, 0.05) is 18.1 Å². The van der Waals surface area contributed by atoms with Crippen LogP contribution in [0.2, 0.25) is 0 Å². The van der Waals surface area contributed by atoms with Gasteiger partial charge in [0.15, 0.2) is 0 Å². The van der Waals surface area contributed by atoms with E-state index in [4.69, 9.17) is 0 Å². The van der Waals surface area contributed by atoms with E-state index in [0.29, 0.717) is 16.8 Å². The number of aliphatic hydroxyl groups is 1. The normalized spacial score (nSPS) is 12.0. The van der Waals surface area contributed by atoms with Gasteiger partial charge in [-0.15, -0.1) is 11.3 Å². The van der Waals surface area contributed by atoms with Crippen molar-refractivity contribution < 1.29 is 18.3 Å². The number of pyridine rings is 1. The first-order valence-corrected chi connectivity index (χ1v) is 9.02. The van der Waals surface area contributed by atoms with Gasteiger partial charge in [0.05, 0.1) is 5.60 Å². The Bertz CT molecular complexity index is 823. The second-order valence-corrected chi connectivity index (χ2v) is 8.28. The molecule has 0 unspecified atom stereocenters. The quantitative estimate of drug-likeness (QED) is 0.779. The number of hydrogen-bond donors (Lipinski definition) is 3. The molecule has 124 valence electrons. The minimum absolute atomic E-state index is 0.0452. The zero-order valence-corrected chi connectivity index (χ0v) is 14.5. The summed E-state index contributed by atoms with van der Waals surface area (Å²) in [7, 11) is -4.00. The van der Waals surface area contributed by atoms with E-state index in [0.717, 1.165) is 11.3 Å². The summed E-state index contributed by atoms with van der Waals surface area (Å²) in [5.74, 6) is 0. The fourth-order valence-corrected chi connectivity index (χ4v) is 3.96. The fraction of sp³-hybridized carbons (Fsp3) is 0.286. The molecule has 2 aromatic rings. The molecule has 3 N–H and O–H groups in total. The van der Waals surface area contributed by atoms with E-state index in [9.17, 15) is 18.3 Å². The van der Waals surface area contributed by atoms with Crippen LogP contribution in [-0.4, -0.2) is 24.5 Å². The number of anilines is 1. The number of nitrogens with zero attached hydrogens (tertiary/aromatic N) is 1. The van der Waals surface area contributed by atoms with Crippen molar-refractivity contribution in [1.29, 1.82) is 0 Å². The maximum Gasteiger partial charge on any atom is 0.333 e. The van der Waals surface area contributed by atoms with E-state index in [2.05, 4.69) is 10.3 Å². The standard InChI is InChI=1S/C14H17N3O4S2/c1-9-7-15-5-4-11(9)16-13(18)17-23(20,21)12-6-10(8-22-12)14(2,3)19/h4-8,19H,1-3H3,(H2,15,16,17,18). The fourth-order valence-electron chi connectivity index (χ4n) is 1.71. The van der Waals surface area contributed by atoms with Crippen LogP contribution in [0.1, 0.15) is 25.0 Å². The molecule has 9 heteroatoms. The number of aryl methyl sites for hydroxylation is 1. The zero-order chi connectivity index (χ0) is 17.3. The van der Waals surface area contributed by atoms with Gasteiger partial charge in [0.2, 0.25) is 0 Å². The second-order valence-electron chi connectivity index (χ2n) is 5.46. The molecule has 7 nitrogen and oxygen atoms in total. The summed E-state index contributed by atoms with van der Waals surface area (Å²) >= 11 is 0.934. The van der Waals surface area contributed by atoms with Crippen LogP contribution in [0, 0.1) is 6.92 Å². The highest BCUT2D eigenvalue weighted by atomic mass is 32.2. The molecule has 0 spiro atoms. The third-order valence-electron chi connectivity index (χ3n) is 3.04. The molecule has 2 aromatic heterocycles. The van der Waals surface area contributed by atoms with Crippen LogP contribution in [0.4, 0.5) is 10.5 Å². The second kappa shape index (κ2) is 6.26. The van der Waals surface area contributed by atoms with Crippen LogP contribution in [0.5, 0.6) is 0 Å². The first kappa shape index (κ1) is 17.4. The van der Waals surface area contributed by atoms with E-state index >= 15 is 0 Å². The number of aromatic nitrogens is 1. The zero-order valence-electron chi connectivity index (χ0n) is 12.8. The minimum atomic E-state index is -4.00. The van der Waals surface area contributed by atoms with Gasteiger partial charge < -0.3 is 10.4 Å². The molecule has 0 saturated carbocycles. The summed E-state index contributed by atoms with van der Waals surface area (Å²) in [6.45, 7) is 4.85. The third kappa shape index (κ3) is 4.27. The summed E-state index contributed by atoms with van der Waals surface area (Å²) in [5, 5.41) is 13.9. The first-order valence-electron chi connectivity index (χ1n) is 6.65. The average molecular weight is 355 g/mol. The molecule has 2 amide bonds. The Morgan fingerprint density at radius 1 is 1.39 bits per heavy atom. The molecule has 23 heavy (non-hydrogen) atoms. The Kier molecular flexibility index (Phi) is 4.73. The molecule has 0 fully saturated rings. The highest BCUT2D eigenvalue weighted by Crippen LogP contribution is 2.28. The maximum atomic E-state index is 12.2. The van der Waals surface area contributed by atoms with E-state index < -0.39 is 21.7 Å². The summed E-state index contributed by atoms with van der Waals surface area (Å²) in [5.41, 5.74) is 0.491. The number of rotatable bonds is 4. The minimum Gasteiger partial charge on any atom is -0.386 e. The van der Waals surface area contributed by atoms with Gasteiger partial charge >= 0.3 is 6.03 Å². The molecular formula is C14H17N3O4S2. The number of nitrogens with one attached hydrogen (secondary N) is 2. The van der Waals surface area contributed by atoms with Gasteiger partial charge in [-0.25, -0.2) is 17.9 Å². The van der Waals surface area contributed by atoms with Crippen LogP contribution < -0.4 is 10.0 Å². The average Bonchev–Trinajstić information content (AvgIpc) is 2.91. The van der Waals surface area contributed by atoms with Gasteiger partial charge in [0.25, 0.3) is 10.0 Å². The molecule has 0 aliphatic heterocycles. The Morgan fingerprint density at radius 3 is 2.65 bits per heavy atom. The summed E-state index contributed by atoms with van der Waals surface area (Å²) in [4.78, 5) is 15.8. The van der Waals surface area contributed by atoms with Crippen molar-refractivity contribution in [1.82, 2.24) is 9.71 Å². The topological polar surface area (TPSA) is 108 Å². The van der Waals surface area contributed by atoms with Crippen molar-refractivity contribution in [3.8, 4) is 0 Å². The van der Waals surface area contributed by atoms with Gasteiger partial charge in [-0.2, -0.15) is 0 Å². The molecule has 0 saturated heterocycles. The van der Waals surface area contributed by atoms with E-state index in [-0.39, 0.29) is 4.21 Å². The molecule has 0 aliphatic carbocycles. The van der Waals surface area contributed by atoms with E-state index in [1.807, 2.05) is 4.72 Å². The number of carbonyl (C=O) groups excluding carboxylic acids is 1. The molecule has 0 aromatic carbocycles. The lowest BCUT2D eigenvalue weighted by molar-refractivity contribution is 0.0789. The monoisotopic (exact) mass is 355 g/mol. The van der Waals surface area contributed by atoms with Crippen molar-refractivity contribution in [2.75, 3.05) is 5.32 Å². The van der Waals surface area contributed by atoms with Crippen molar-refractivity contribution in [3.63, 3.8) is 0 Å². The van der Waals surface area contributed by atoms with Crippen LogP contribution in [0.15, 0.2) is 34.1 Å². The van der Waals surface area contributed by atoms with Crippen molar-refractivity contribution in [2.24, 2.45) is 0 Å². The van der Waals surface area contributed by atoms with Crippen LogP contribution >= 0.6 is 11.3 Å². The van der Waals surface area contributed by atoms with Gasteiger partial charge in [-0.1, -0.05) is 0 Å². The predicted octanol–water partition coefficient (Wildman–Crippen LogP) is 2.19. The number of urea groups is 1. The van der Waals surface area contributed by atoms with Gasteiger partial charge in [0.1, 0.15) is 4.21 Å². The first-order chi connectivity index (χ1) is 10.6. The predicted molar refractivity (Wildman–Crippen MR) is 87.9 cm³/mol. The number of amides is 2. The number of hydrogen-bond acceptors (Lipinski definition) is 6. The SMILES string of the molecule is Cc1cnccc1NC(=O)NS(=O)(=O)c1cc(C(C)(C)O)cs1. The van der Waals surface area contributed by atoms with Gasteiger partial charge in [-0.3, -0.25) is 4.98 Å². The molecule has 2 heterocycles. The molecular weight excluding hydrogens is 338 g/mol. The number of sulfonamides is 1. The van der Waals surface area contributed by atoms with Crippen LogP contribution in [0.25, 0.3) is 0 Å². The van der Waals surface area contributed by atoms with E-state index in [1.54, 1.807) is 38.4 Å². The van der Waals surface area contributed by atoms with Crippen LogP contribution in [-0.2, 0) is 15.6 Å². The molecule has 0 bridgehead atoms. The van der Waals surface area contributed by atoms with Crippen molar-refractivity contribution >= 4 is 33.1 Å². The maximum absolute atomic E-state index is 12.2. The number of carbonyl (C=O) groups is 1. The molecule has 0 atom stereocenters. The highest BCUT2D eigenvalue weighted by molar-refractivity contribution is 7.92. The lowest BCUT2D eigenvalue weighted by Gasteiger charge is -2.14. The lowest BCUT2D eigenvalue weighted by Crippen LogP contribution is -2.34. The highest BCUT2D eigenvalue weighted by Gasteiger charge is 2.24. The summed E-state index contributed by atoms with van der Waals surface area (Å²) in [6.07, 6.45) is 3.05. The molecule has 2 rings (SSSR count). The Labute approximate surface area is 138 Å². The Morgan fingerprint density at radius 2 is 2.09 bits per heavy atom. The lowest BCUT2D eigenvalue weighted by atomic mass is 10.0.